The molecule has 1 aromatic carbocycles. The van der Waals surface area contributed by atoms with E-state index in [2.05, 4.69) is 90.2 Å². The lowest BCUT2D eigenvalue weighted by atomic mass is 9.73. The minimum atomic E-state index is -0.0602. The molecule has 1 aromatic heterocycles. The number of pyridine rings is 1. The van der Waals surface area contributed by atoms with Crippen molar-refractivity contribution >= 4 is 22.7 Å². The van der Waals surface area contributed by atoms with Crippen molar-refractivity contribution in [3.05, 3.63) is 41.6 Å². The molecule has 2 heteroatoms. The highest BCUT2D eigenvalue weighted by molar-refractivity contribution is 5.89. The molecule has 1 atom stereocenters. The molecule has 0 spiro atoms. The smallest absolute Gasteiger partial charge is 0.0726 e. The van der Waals surface area contributed by atoms with Crippen LogP contribution < -0.4 is 5.32 Å². The monoisotopic (exact) mass is 308 g/mol. The number of anilines is 1. The van der Waals surface area contributed by atoms with E-state index in [1.54, 1.807) is 0 Å². The summed E-state index contributed by atoms with van der Waals surface area (Å²) in [4.78, 5) is 4.90. The largest absolute Gasteiger partial charge is 0.375 e. The number of nitrogens with zero attached hydrogens (tertiary/aromatic N) is 1. The zero-order chi connectivity index (χ0) is 17.0. The van der Waals surface area contributed by atoms with Gasteiger partial charge in [0.1, 0.15) is 0 Å². The lowest BCUT2D eigenvalue weighted by Crippen LogP contribution is -2.46. The van der Waals surface area contributed by atoms with Gasteiger partial charge in [0.25, 0.3) is 0 Å². The quantitative estimate of drug-likeness (QED) is 0.667. The van der Waals surface area contributed by atoms with E-state index >= 15 is 0 Å². The molecule has 1 unspecified atom stereocenters. The summed E-state index contributed by atoms with van der Waals surface area (Å²) in [5, 5.41) is 4.93. The first-order chi connectivity index (χ1) is 10.5. The number of hydrogen-bond donors (Lipinski definition) is 1. The molecule has 1 aliphatic rings. The molecular weight excluding hydrogens is 280 g/mol. The first-order valence-corrected chi connectivity index (χ1v) is 8.42. The van der Waals surface area contributed by atoms with Crippen LogP contribution in [0, 0.1) is 5.41 Å². The van der Waals surface area contributed by atoms with Crippen LogP contribution in [0.25, 0.3) is 17.0 Å². The molecule has 0 fully saturated rings. The highest BCUT2D eigenvalue weighted by Crippen LogP contribution is 2.40. The molecular formula is C21H28N2. The maximum atomic E-state index is 4.90. The van der Waals surface area contributed by atoms with Gasteiger partial charge in [0.15, 0.2) is 0 Å². The van der Waals surface area contributed by atoms with E-state index < -0.39 is 0 Å². The van der Waals surface area contributed by atoms with Crippen molar-refractivity contribution in [1.82, 2.24) is 4.98 Å². The van der Waals surface area contributed by atoms with Crippen molar-refractivity contribution in [2.24, 2.45) is 5.41 Å². The number of fused-ring (bicyclic) bond motifs is 2. The molecule has 0 saturated carbocycles. The molecule has 0 bridgehead atoms. The van der Waals surface area contributed by atoms with Gasteiger partial charge < -0.3 is 5.32 Å². The van der Waals surface area contributed by atoms with Gasteiger partial charge in [-0.25, -0.2) is 0 Å². The second kappa shape index (κ2) is 4.83. The number of aromatic nitrogens is 1. The molecule has 1 aliphatic heterocycles. The van der Waals surface area contributed by atoms with Crippen LogP contribution in [0.2, 0.25) is 0 Å². The molecule has 2 heterocycles. The highest BCUT2D eigenvalue weighted by Gasteiger charge is 2.37. The number of rotatable bonds is 0. The third-order valence-electron chi connectivity index (χ3n) is 5.18. The Balaban J connectivity index is 2.12. The molecule has 0 aliphatic carbocycles. The first-order valence-electron chi connectivity index (χ1n) is 8.42. The Morgan fingerprint density at radius 3 is 2.30 bits per heavy atom. The van der Waals surface area contributed by atoms with Crippen molar-refractivity contribution in [1.29, 1.82) is 0 Å². The summed E-state index contributed by atoms with van der Waals surface area (Å²) in [6.07, 6.45) is 4.53. The summed E-state index contributed by atoms with van der Waals surface area (Å²) in [5.41, 5.74) is 4.76. The van der Waals surface area contributed by atoms with Crippen LogP contribution in [-0.4, -0.2) is 10.5 Å². The number of benzene rings is 1. The van der Waals surface area contributed by atoms with E-state index in [-0.39, 0.29) is 16.4 Å². The topological polar surface area (TPSA) is 24.9 Å². The summed E-state index contributed by atoms with van der Waals surface area (Å²) < 4.78 is 0. The van der Waals surface area contributed by atoms with Crippen LogP contribution in [0.15, 0.2) is 30.3 Å². The highest BCUT2D eigenvalue weighted by atomic mass is 15.0. The molecule has 23 heavy (non-hydrogen) atoms. The van der Waals surface area contributed by atoms with Crippen molar-refractivity contribution in [2.75, 3.05) is 5.32 Å². The predicted octanol–water partition coefficient (Wildman–Crippen LogP) is 5.78. The van der Waals surface area contributed by atoms with Crippen LogP contribution in [0.5, 0.6) is 0 Å². The molecule has 2 aromatic rings. The van der Waals surface area contributed by atoms with Crippen LogP contribution >= 0.6 is 0 Å². The Kier molecular flexibility index (Phi) is 3.37. The fourth-order valence-corrected chi connectivity index (χ4v) is 2.87. The minimum Gasteiger partial charge on any atom is -0.375 e. The summed E-state index contributed by atoms with van der Waals surface area (Å²) >= 11 is 0. The second-order valence-electron chi connectivity index (χ2n) is 8.99. The van der Waals surface area contributed by atoms with Gasteiger partial charge in [0.2, 0.25) is 0 Å². The van der Waals surface area contributed by atoms with Gasteiger partial charge in [0, 0.05) is 22.2 Å². The molecule has 2 nitrogen and oxygen atoms in total. The van der Waals surface area contributed by atoms with Crippen molar-refractivity contribution in [3.63, 3.8) is 0 Å². The van der Waals surface area contributed by atoms with Gasteiger partial charge in [-0.1, -0.05) is 59.8 Å². The predicted molar refractivity (Wildman–Crippen MR) is 101 cm³/mol. The SMILES string of the molecule is CC(C)(C)c1ccc2cc3c(cc2n1)NC(C)(C(C)(C)C)C=C3. The molecule has 3 rings (SSSR count). The van der Waals surface area contributed by atoms with Gasteiger partial charge in [-0.05, 0) is 36.1 Å². The lowest BCUT2D eigenvalue weighted by Gasteiger charge is -2.43. The summed E-state index contributed by atoms with van der Waals surface area (Å²) in [5.74, 6) is 0. The Morgan fingerprint density at radius 1 is 1.00 bits per heavy atom. The van der Waals surface area contributed by atoms with Crippen LogP contribution in [0.1, 0.15) is 59.7 Å². The molecule has 122 valence electrons. The summed E-state index contributed by atoms with van der Waals surface area (Å²) in [6.45, 7) is 15.7. The Bertz CT molecular complexity index is 788. The molecule has 0 amide bonds. The Hall–Kier alpha value is -1.83. The lowest BCUT2D eigenvalue weighted by molar-refractivity contribution is 0.285. The van der Waals surface area contributed by atoms with E-state index in [1.165, 1.54) is 16.6 Å². The van der Waals surface area contributed by atoms with E-state index in [0.29, 0.717) is 0 Å². The third-order valence-corrected chi connectivity index (χ3v) is 5.18. The van der Waals surface area contributed by atoms with E-state index in [1.807, 2.05) is 0 Å². The minimum absolute atomic E-state index is 0.0602. The third kappa shape index (κ3) is 2.75. The fraction of sp³-hybridized carbons (Fsp3) is 0.476. The fourth-order valence-electron chi connectivity index (χ4n) is 2.87. The summed E-state index contributed by atoms with van der Waals surface area (Å²) in [7, 11) is 0. The molecule has 1 N–H and O–H groups in total. The van der Waals surface area contributed by atoms with Crippen molar-refractivity contribution in [3.8, 4) is 0 Å². The zero-order valence-electron chi connectivity index (χ0n) is 15.4. The van der Waals surface area contributed by atoms with Crippen LogP contribution in [-0.2, 0) is 5.41 Å². The summed E-state index contributed by atoms with van der Waals surface area (Å²) in [6, 6.07) is 8.77. The first kappa shape index (κ1) is 16.0. The van der Waals surface area contributed by atoms with Gasteiger partial charge in [-0.3, -0.25) is 4.98 Å². The second-order valence-corrected chi connectivity index (χ2v) is 8.99. The Morgan fingerprint density at radius 2 is 1.70 bits per heavy atom. The van der Waals surface area contributed by atoms with E-state index in [4.69, 9.17) is 4.98 Å². The standard InChI is InChI=1S/C21H28N2/c1-19(2,3)18-9-8-14-12-15-10-11-21(7,20(4,5)6)23-17(15)13-16(14)22-18/h8-13,23H,1-7H3. The van der Waals surface area contributed by atoms with Gasteiger partial charge in [-0.15, -0.1) is 0 Å². The normalized spacial score (nSPS) is 21.2. The van der Waals surface area contributed by atoms with Crippen molar-refractivity contribution < 1.29 is 0 Å². The molecule has 0 radical (unpaired) electrons. The van der Waals surface area contributed by atoms with Crippen LogP contribution in [0.4, 0.5) is 5.69 Å². The van der Waals surface area contributed by atoms with Gasteiger partial charge in [-0.2, -0.15) is 0 Å². The van der Waals surface area contributed by atoms with E-state index in [9.17, 15) is 0 Å². The maximum absolute atomic E-state index is 4.90. The molecule has 0 saturated heterocycles. The zero-order valence-corrected chi connectivity index (χ0v) is 15.4. The van der Waals surface area contributed by atoms with Crippen LogP contribution in [0.3, 0.4) is 0 Å². The van der Waals surface area contributed by atoms with E-state index in [0.717, 1.165) is 11.2 Å². The number of hydrogen-bond acceptors (Lipinski definition) is 2. The van der Waals surface area contributed by atoms with Gasteiger partial charge in [0.05, 0.1) is 11.1 Å². The average molecular weight is 308 g/mol. The average Bonchev–Trinajstić information content (AvgIpc) is 2.42. The van der Waals surface area contributed by atoms with Crippen molar-refractivity contribution in [2.45, 2.75) is 59.4 Å². The van der Waals surface area contributed by atoms with Gasteiger partial charge >= 0.3 is 0 Å². The number of nitrogens with one attached hydrogen (secondary N) is 1. The maximum Gasteiger partial charge on any atom is 0.0726 e. The Labute approximate surface area is 140 Å².